The predicted molar refractivity (Wildman–Crippen MR) is 148 cm³/mol. The number of pyridine rings is 1. The molecule has 11 nitrogen and oxygen atoms in total. The molecule has 2 saturated heterocycles. The van der Waals surface area contributed by atoms with E-state index in [9.17, 15) is 14.4 Å². The van der Waals surface area contributed by atoms with Gasteiger partial charge in [-0.25, -0.2) is 14.8 Å². The van der Waals surface area contributed by atoms with Gasteiger partial charge in [0.2, 0.25) is 5.95 Å². The van der Waals surface area contributed by atoms with Gasteiger partial charge in [0.05, 0.1) is 28.5 Å². The molecule has 2 aliphatic heterocycles. The number of amides is 2. The summed E-state index contributed by atoms with van der Waals surface area (Å²) in [4.78, 5) is 54.9. The summed E-state index contributed by atoms with van der Waals surface area (Å²) in [6.45, 7) is 5.16. The van der Waals surface area contributed by atoms with Gasteiger partial charge in [0.25, 0.3) is 11.1 Å². The number of imide groups is 1. The van der Waals surface area contributed by atoms with Crippen molar-refractivity contribution in [2.24, 2.45) is 5.92 Å². The molecule has 39 heavy (non-hydrogen) atoms. The van der Waals surface area contributed by atoms with Gasteiger partial charge in [0, 0.05) is 38.2 Å². The van der Waals surface area contributed by atoms with Crippen LogP contribution >= 0.6 is 11.8 Å². The molecule has 2 amide bonds. The van der Waals surface area contributed by atoms with Crippen molar-refractivity contribution in [3.63, 3.8) is 0 Å². The Morgan fingerprint density at radius 1 is 1.26 bits per heavy atom. The van der Waals surface area contributed by atoms with Gasteiger partial charge in [-0.3, -0.25) is 19.9 Å². The Labute approximate surface area is 229 Å². The maximum Gasteiger partial charge on any atom is 0.340 e. The number of ether oxygens (including phenoxy) is 1. The molecule has 3 aromatic heterocycles. The molecule has 0 aromatic carbocycles. The molecule has 0 unspecified atom stereocenters. The molecule has 5 heterocycles. The van der Waals surface area contributed by atoms with Crippen LogP contribution in [-0.4, -0.2) is 63.3 Å². The van der Waals surface area contributed by atoms with Gasteiger partial charge in [0.15, 0.2) is 0 Å². The van der Waals surface area contributed by atoms with Crippen molar-refractivity contribution in [1.29, 1.82) is 0 Å². The number of anilines is 1. The first-order chi connectivity index (χ1) is 19.0. The number of aromatic nitrogens is 4. The first-order valence-electron chi connectivity index (χ1n) is 12.8. The minimum absolute atomic E-state index is 0.300. The quantitative estimate of drug-likeness (QED) is 0.270. The smallest absolute Gasteiger partial charge is 0.340 e. The first-order valence-corrected chi connectivity index (χ1v) is 13.6. The summed E-state index contributed by atoms with van der Waals surface area (Å²) in [5, 5.41) is 5.39. The monoisotopic (exact) mass is 547 g/mol. The third-order valence-corrected chi connectivity index (χ3v) is 7.35. The van der Waals surface area contributed by atoms with Gasteiger partial charge in [0.1, 0.15) is 5.69 Å². The summed E-state index contributed by atoms with van der Waals surface area (Å²) in [5.74, 6) is 0.324. The first kappa shape index (κ1) is 26.6. The molecule has 0 radical (unpaired) electrons. The Hall–Kier alpha value is -4.03. The van der Waals surface area contributed by atoms with Gasteiger partial charge in [-0.05, 0) is 79.9 Å². The van der Waals surface area contributed by atoms with E-state index < -0.39 is 5.91 Å². The number of nitrogens with zero attached hydrogens (tertiary/aromatic N) is 4. The maximum atomic E-state index is 12.6. The highest BCUT2D eigenvalue weighted by Crippen LogP contribution is 2.26. The lowest BCUT2D eigenvalue weighted by Crippen LogP contribution is -2.38. The highest BCUT2D eigenvalue weighted by Gasteiger charge is 2.26. The van der Waals surface area contributed by atoms with Crippen molar-refractivity contribution in [2.45, 2.75) is 26.3 Å². The van der Waals surface area contributed by atoms with E-state index in [-0.39, 0.29) is 11.2 Å². The molecule has 0 spiro atoms. The molecule has 0 aliphatic carbocycles. The summed E-state index contributed by atoms with van der Waals surface area (Å²) in [5.41, 5.74) is 3.31. The lowest BCUT2D eigenvalue weighted by Gasteiger charge is -2.32. The fourth-order valence-corrected chi connectivity index (χ4v) is 5.24. The van der Waals surface area contributed by atoms with E-state index in [0.717, 1.165) is 55.5 Å². The molecule has 5 rings (SSSR count). The molecular weight excluding hydrogens is 518 g/mol. The number of aromatic amines is 1. The molecule has 0 atom stereocenters. The second-order valence-corrected chi connectivity index (χ2v) is 10.3. The standard InChI is InChI=1S/C27H29N7O4S/c1-2-38-25(36)20-12-18(16-31-23(20)21-4-3-8-29-21)15-28-14-17-6-10-34(11-7-17)26-30-9-5-19(32-26)13-22-24(35)33-27(37)39-22/h3-5,8-9,12-13,16-17,28-29H,2,6-7,10-11,14-15H2,1H3,(H,33,35,37)/b22-13-. The Balaban J connectivity index is 1.14. The number of rotatable bonds is 9. The zero-order valence-corrected chi connectivity index (χ0v) is 22.3. The molecule has 202 valence electrons. The minimum Gasteiger partial charge on any atom is -0.462 e. The van der Waals surface area contributed by atoms with Gasteiger partial charge < -0.3 is 19.9 Å². The summed E-state index contributed by atoms with van der Waals surface area (Å²) in [7, 11) is 0. The van der Waals surface area contributed by atoms with E-state index >= 15 is 0 Å². The SMILES string of the molecule is CCOC(=O)c1cc(CNCC2CCN(c3nccc(/C=C4\SC(=O)NC4=O)n3)CC2)cnc1-c1ccc[nH]1. The van der Waals surface area contributed by atoms with E-state index in [1.165, 1.54) is 0 Å². The summed E-state index contributed by atoms with van der Waals surface area (Å²) in [6, 6.07) is 7.31. The van der Waals surface area contributed by atoms with Crippen LogP contribution in [0.25, 0.3) is 17.5 Å². The lowest BCUT2D eigenvalue weighted by atomic mass is 9.97. The lowest BCUT2D eigenvalue weighted by molar-refractivity contribution is -0.115. The van der Waals surface area contributed by atoms with Crippen molar-refractivity contribution in [2.75, 3.05) is 31.1 Å². The number of thioether (sulfide) groups is 1. The van der Waals surface area contributed by atoms with E-state index in [0.29, 0.717) is 46.9 Å². The second kappa shape index (κ2) is 12.2. The van der Waals surface area contributed by atoms with Gasteiger partial charge in [-0.15, -0.1) is 0 Å². The van der Waals surface area contributed by atoms with Crippen LogP contribution in [0.2, 0.25) is 0 Å². The maximum absolute atomic E-state index is 12.6. The van der Waals surface area contributed by atoms with E-state index in [1.54, 1.807) is 37.7 Å². The average Bonchev–Trinajstić information content (AvgIpc) is 3.59. The van der Waals surface area contributed by atoms with Crippen LogP contribution < -0.4 is 15.5 Å². The molecular formula is C27H29N7O4S. The Morgan fingerprint density at radius 3 is 2.82 bits per heavy atom. The van der Waals surface area contributed by atoms with Gasteiger partial charge >= 0.3 is 5.97 Å². The zero-order chi connectivity index (χ0) is 27.2. The van der Waals surface area contributed by atoms with Crippen molar-refractivity contribution in [3.8, 4) is 11.4 Å². The summed E-state index contributed by atoms with van der Waals surface area (Å²) >= 11 is 0.873. The minimum atomic E-state index is -0.400. The fraction of sp³-hybridized carbons (Fsp3) is 0.333. The normalized spacial score (nSPS) is 17.1. The number of nitrogens with one attached hydrogen (secondary N) is 3. The third-order valence-electron chi connectivity index (χ3n) is 6.54. The number of H-pyrrole nitrogens is 1. The van der Waals surface area contributed by atoms with Crippen LogP contribution in [0.3, 0.4) is 0 Å². The average molecular weight is 548 g/mol. The van der Waals surface area contributed by atoms with Crippen LogP contribution in [0, 0.1) is 5.92 Å². The topological polar surface area (TPSA) is 142 Å². The van der Waals surface area contributed by atoms with Gasteiger partial charge in [-0.1, -0.05) is 0 Å². The predicted octanol–water partition coefficient (Wildman–Crippen LogP) is 3.37. The molecule has 12 heteroatoms. The molecule has 3 N–H and O–H groups in total. The van der Waals surface area contributed by atoms with Crippen LogP contribution in [-0.2, 0) is 16.1 Å². The number of carbonyl (C=O) groups is 3. The molecule has 2 fully saturated rings. The zero-order valence-electron chi connectivity index (χ0n) is 21.5. The molecule has 0 bridgehead atoms. The van der Waals surface area contributed by atoms with E-state index in [2.05, 4.69) is 35.5 Å². The van der Waals surface area contributed by atoms with Crippen LogP contribution in [0.4, 0.5) is 10.7 Å². The fourth-order valence-electron chi connectivity index (χ4n) is 4.57. The van der Waals surface area contributed by atoms with Gasteiger partial charge in [-0.2, -0.15) is 0 Å². The van der Waals surface area contributed by atoms with Crippen LogP contribution in [0.15, 0.2) is 47.8 Å². The van der Waals surface area contributed by atoms with Crippen molar-refractivity contribution >= 4 is 40.9 Å². The number of piperidine rings is 1. The second-order valence-electron chi connectivity index (χ2n) is 9.24. The third kappa shape index (κ3) is 6.52. The molecule has 3 aromatic rings. The number of esters is 1. The van der Waals surface area contributed by atoms with Crippen molar-refractivity contribution in [3.05, 3.63) is 64.6 Å². The summed E-state index contributed by atoms with van der Waals surface area (Å²) in [6.07, 6.45) is 8.82. The van der Waals surface area contributed by atoms with Crippen LogP contribution in [0.5, 0.6) is 0 Å². The largest absolute Gasteiger partial charge is 0.462 e. The van der Waals surface area contributed by atoms with Crippen LogP contribution in [0.1, 0.15) is 41.4 Å². The van der Waals surface area contributed by atoms with E-state index in [1.807, 2.05) is 18.2 Å². The number of hydrogen-bond acceptors (Lipinski definition) is 10. The van der Waals surface area contributed by atoms with Crippen molar-refractivity contribution in [1.82, 2.24) is 30.6 Å². The highest BCUT2D eigenvalue weighted by atomic mass is 32.2. The van der Waals surface area contributed by atoms with E-state index in [4.69, 9.17) is 4.74 Å². The summed E-state index contributed by atoms with van der Waals surface area (Å²) < 4.78 is 5.25. The Bertz CT molecular complexity index is 1380. The Morgan fingerprint density at radius 2 is 2.10 bits per heavy atom. The highest BCUT2D eigenvalue weighted by molar-refractivity contribution is 8.18. The Kier molecular flexibility index (Phi) is 8.33. The van der Waals surface area contributed by atoms with Crippen molar-refractivity contribution < 1.29 is 19.1 Å². The number of hydrogen-bond donors (Lipinski definition) is 3. The molecule has 0 saturated carbocycles. The number of carbonyl (C=O) groups excluding carboxylic acids is 3. The molecule has 2 aliphatic rings.